The number of ether oxygens (including phenoxy) is 1. The summed E-state index contributed by atoms with van der Waals surface area (Å²) >= 11 is 0. The maximum atomic E-state index is 11.7. The van der Waals surface area contributed by atoms with Crippen molar-refractivity contribution in [2.45, 2.75) is 44.9 Å². The predicted molar refractivity (Wildman–Crippen MR) is 71.8 cm³/mol. The van der Waals surface area contributed by atoms with E-state index >= 15 is 0 Å². The molecule has 19 heavy (non-hydrogen) atoms. The van der Waals surface area contributed by atoms with E-state index in [0.717, 1.165) is 32.4 Å². The van der Waals surface area contributed by atoms with E-state index in [-0.39, 0.29) is 18.2 Å². The third-order valence-corrected chi connectivity index (χ3v) is 3.32. The summed E-state index contributed by atoms with van der Waals surface area (Å²) in [6, 6.07) is -0.0511. The zero-order valence-electron chi connectivity index (χ0n) is 11.3. The minimum Gasteiger partial charge on any atom is -0.376 e. The van der Waals surface area contributed by atoms with Gasteiger partial charge in [0.1, 0.15) is 0 Å². The first kappa shape index (κ1) is 13.9. The number of imidazole rings is 1. The van der Waals surface area contributed by atoms with Crippen molar-refractivity contribution in [3.63, 3.8) is 0 Å². The molecule has 2 atom stereocenters. The zero-order chi connectivity index (χ0) is 13.5. The number of aromatic nitrogens is 2. The lowest BCUT2D eigenvalue weighted by molar-refractivity contribution is 0.0860. The van der Waals surface area contributed by atoms with E-state index in [1.54, 1.807) is 12.5 Å². The topological polar surface area (TPSA) is 68.2 Å². The van der Waals surface area contributed by atoms with E-state index in [2.05, 4.69) is 15.6 Å². The van der Waals surface area contributed by atoms with Gasteiger partial charge in [-0.25, -0.2) is 9.78 Å². The van der Waals surface area contributed by atoms with Gasteiger partial charge in [-0.1, -0.05) is 0 Å². The van der Waals surface area contributed by atoms with Crippen molar-refractivity contribution < 1.29 is 9.53 Å². The maximum Gasteiger partial charge on any atom is 0.315 e. The standard InChI is InChI=1S/C13H22N4O2/c1-11(12-4-2-9-19-12)16-13(18)15-5-3-7-17-8-6-14-10-17/h6,8,10-12H,2-5,7,9H2,1H3,(H2,15,16,18)/t11-,12-/m0/s1. The summed E-state index contributed by atoms with van der Waals surface area (Å²) in [5, 5.41) is 5.78. The fourth-order valence-corrected chi connectivity index (χ4v) is 2.23. The number of aryl methyl sites for hydroxylation is 1. The predicted octanol–water partition coefficient (Wildman–Crippen LogP) is 1.14. The molecule has 0 spiro atoms. The van der Waals surface area contributed by atoms with E-state index in [0.29, 0.717) is 6.54 Å². The summed E-state index contributed by atoms with van der Waals surface area (Å²) in [6.07, 6.45) is 8.61. The molecule has 0 aliphatic carbocycles. The van der Waals surface area contributed by atoms with Crippen LogP contribution in [0.2, 0.25) is 0 Å². The van der Waals surface area contributed by atoms with Crippen molar-refractivity contribution in [2.75, 3.05) is 13.2 Å². The molecule has 1 aliphatic rings. The van der Waals surface area contributed by atoms with Crippen molar-refractivity contribution >= 4 is 6.03 Å². The molecular weight excluding hydrogens is 244 g/mol. The van der Waals surface area contributed by atoms with Gasteiger partial charge in [0, 0.05) is 32.1 Å². The van der Waals surface area contributed by atoms with Gasteiger partial charge in [-0.05, 0) is 26.2 Å². The summed E-state index contributed by atoms with van der Waals surface area (Å²) in [5.74, 6) is 0. The fraction of sp³-hybridized carbons (Fsp3) is 0.692. The molecule has 1 saturated heterocycles. The number of rotatable bonds is 6. The Morgan fingerprint density at radius 1 is 1.63 bits per heavy atom. The Labute approximate surface area is 113 Å². The van der Waals surface area contributed by atoms with Crippen LogP contribution in [0.3, 0.4) is 0 Å². The van der Waals surface area contributed by atoms with E-state index in [1.165, 1.54) is 0 Å². The molecule has 6 nitrogen and oxygen atoms in total. The lowest BCUT2D eigenvalue weighted by Crippen LogP contribution is -2.46. The highest BCUT2D eigenvalue weighted by atomic mass is 16.5. The molecule has 1 aromatic rings. The Hall–Kier alpha value is -1.56. The van der Waals surface area contributed by atoms with Crippen molar-refractivity contribution in [3.8, 4) is 0 Å². The largest absolute Gasteiger partial charge is 0.376 e. The van der Waals surface area contributed by atoms with Crippen LogP contribution in [0.1, 0.15) is 26.2 Å². The van der Waals surface area contributed by atoms with Crippen LogP contribution in [0.5, 0.6) is 0 Å². The van der Waals surface area contributed by atoms with Gasteiger partial charge in [0.25, 0.3) is 0 Å². The second-order valence-electron chi connectivity index (χ2n) is 4.89. The SMILES string of the molecule is C[C@H](NC(=O)NCCCn1ccnc1)[C@@H]1CCCO1. The van der Waals surface area contributed by atoms with Crippen molar-refractivity contribution in [2.24, 2.45) is 0 Å². The molecule has 2 heterocycles. The Morgan fingerprint density at radius 3 is 3.21 bits per heavy atom. The second-order valence-corrected chi connectivity index (χ2v) is 4.89. The average molecular weight is 266 g/mol. The van der Waals surface area contributed by atoms with Crippen LogP contribution >= 0.6 is 0 Å². The molecule has 0 bridgehead atoms. The molecule has 2 rings (SSSR count). The lowest BCUT2D eigenvalue weighted by Gasteiger charge is -2.20. The molecule has 0 radical (unpaired) electrons. The quantitative estimate of drug-likeness (QED) is 0.759. The van der Waals surface area contributed by atoms with Crippen LogP contribution in [0.4, 0.5) is 4.79 Å². The molecule has 0 saturated carbocycles. The number of hydrogen-bond donors (Lipinski definition) is 2. The first-order valence-electron chi connectivity index (χ1n) is 6.87. The van der Waals surface area contributed by atoms with E-state index in [1.807, 2.05) is 17.7 Å². The molecule has 2 N–H and O–H groups in total. The van der Waals surface area contributed by atoms with E-state index in [4.69, 9.17) is 4.74 Å². The Morgan fingerprint density at radius 2 is 2.53 bits per heavy atom. The molecule has 2 amide bonds. The minimum atomic E-state index is -0.117. The Bertz CT molecular complexity index is 374. The van der Waals surface area contributed by atoms with Gasteiger partial charge in [0.15, 0.2) is 0 Å². The third-order valence-electron chi connectivity index (χ3n) is 3.32. The van der Waals surface area contributed by atoms with Crippen molar-refractivity contribution in [1.29, 1.82) is 0 Å². The average Bonchev–Trinajstić information content (AvgIpc) is 3.07. The summed E-state index contributed by atoms with van der Waals surface area (Å²) in [4.78, 5) is 15.6. The number of amides is 2. The van der Waals surface area contributed by atoms with Gasteiger partial charge >= 0.3 is 6.03 Å². The van der Waals surface area contributed by atoms with Gasteiger partial charge in [0.05, 0.1) is 18.5 Å². The smallest absolute Gasteiger partial charge is 0.315 e. The highest BCUT2D eigenvalue weighted by molar-refractivity contribution is 5.74. The molecule has 0 aromatic carbocycles. The Kier molecular flexibility index (Phi) is 5.20. The number of hydrogen-bond acceptors (Lipinski definition) is 3. The van der Waals surface area contributed by atoms with Crippen LogP contribution in [-0.4, -0.2) is 40.9 Å². The van der Waals surface area contributed by atoms with E-state index in [9.17, 15) is 4.79 Å². The fourth-order valence-electron chi connectivity index (χ4n) is 2.23. The first-order valence-corrected chi connectivity index (χ1v) is 6.87. The summed E-state index contributed by atoms with van der Waals surface area (Å²) in [5.41, 5.74) is 0. The van der Waals surface area contributed by atoms with Crippen LogP contribution in [0.15, 0.2) is 18.7 Å². The lowest BCUT2D eigenvalue weighted by atomic mass is 10.1. The van der Waals surface area contributed by atoms with Gasteiger partial charge < -0.3 is 19.9 Å². The summed E-state index contributed by atoms with van der Waals surface area (Å²) in [6.45, 7) is 4.31. The van der Waals surface area contributed by atoms with Crippen LogP contribution in [0.25, 0.3) is 0 Å². The number of nitrogens with one attached hydrogen (secondary N) is 2. The number of carbonyl (C=O) groups excluding carboxylic acids is 1. The zero-order valence-corrected chi connectivity index (χ0v) is 11.3. The van der Waals surface area contributed by atoms with Crippen molar-refractivity contribution in [1.82, 2.24) is 20.2 Å². The van der Waals surface area contributed by atoms with Crippen LogP contribution in [-0.2, 0) is 11.3 Å². The molecular formula is C13H22N4O2. The number of carbonyl (C=O) groups is 1. The van der Waals surface area contributed by atoms with Gasteiger partial charge in [-0.15, -0.1) is 0 Å². The molecule has 6 heteroatoms. The van der Waals surface area contributed by atoms with Gasteiger partial charge in [0.2, 0.25) is 0 Å². The first-order chi connectivity index (χ1) is 9.25. The maximum absolute atomic E-state index is 11.7. The molecule has 1 aromatic heterocycles. The van der Waals surface area contributed by atoms with Gasteiger partial charge in [-0.3, -0.25) is 0 Å². The minimum absolute atomic E-state index is 0.0659. The summed E-state index contributed by atoms with van der Waals surface area (Å²) < 4.78 is 7.53. The number of nitrogens with zero attached hydrogens (tertiary/aromatic N) is 2. The number of urea groups is 1. The highest BCUT2D eigenvalue weighted by Crippen LogP contribution is 2.15. The molecule has 0 unspecified atom stereocenters. The van der Waals surface area contributed by atoms with Crippen molar-refractivity contribution in [3.05, 3.63) is 18.7 Å². The van der Waals surface area contributed by atoms with E-state index < -0.39 is 0 Å². The molecule has 1 fully saturated rings. The molecule has 1 aliphatic heterocycles. The Balaban J connectivity index is 1.56. The van der Waals surface area contributed by atoms with Crippen LogP contribution < -0.4 is 10.6 Å². The third kappa shape index (κ3) is 4.55. The van der Waals surface area contributed by atoms with Crippen LogP contribution in [0, 0.1) is 0 Å². The second kappa shape index (κ2) is 7.13. The highest BCUT2D eigenvalue weighted by Gasteiger charge is 2.23. The van der Waals surface area contributed by atoms with Gasteiger partial charge in [-0.2, -0.15) is 0 Å². The summed E-state index contributed by atoms with van der Waals surface area (Å²) in [7, 11) is 0. The monoisotopic (exact) mass is 266 g/mol. The molecule has 106 valence electrons. The normalized spacial score (nSPS) is 20.2.